The van der Waals surface area contributed by atoms with Gasteiger partial charge in [0.15, 0.2) is 6.61 Å². The van der Waals surface area contributed by atoms with Crippen LogP contribution in [0.1, 0.15) is 0 Å². The third-order valence-corrected chi connectivity index (χ3v) is 3.20. The summed E-state index contributed by atoms with van der Waals surface area (Å²) < 4.78 is 35.5. The van der Waals surface area contributed by atoms with Gasteiger partial charge in [-0.3, -0.25) is 4.55 Å². The van der Waals surface area contributed by atoms with Gasteiger partial charge in [-0.15, -0.1) is 0 Å². The molecule has 0 aromatic rings. The van der Waals surface area contributed by atoms with E-state index in [2.05, 4.69) is 11.3 Å². The van der Waals surface area contributed by atoms with Crippen LogP contribution in [0.5, 0.6) is 0 Å². The summed E-state index contributed by atoms with van der Waals surface area (Å²) in [5.41, 5.74) is 0. The summed E-state index contributed by atoms with van der Waals surface area (Å²) in [7, 11) is 0.443. The maximum Gasteiger partial charge on any atom is 0.330 e. The Bertz CT molecular complexity index is 341. The number of ether oxygens (including phenoxy) is 1. The molecule has 88 valence electrons. The van der Waals surface area contributed by atoms with E-state index in [-0.39, 0.29) is 4.48 Å². The second-order valence-electron chi connectivity index (χ2n) is 3.92. The molecule has 6 nitrogen and oxygen atoms in total. The Kier molecular flexibility index (Phi) is 4.44. The molecule has 0 saturated carbocycles. The van der Waals surface area contributed by atoms with Gasteiger partial charge < -0.3 is 9.22 Å². The van der Waals surface area contributed by atoms with Gasteiger partial charge in [0.25, 0.3) is 0 Å². The molecule has 0 radical (unpaired) electrons. The standard InChI is InChI=1S/C8H15NO5S/c1-5-8(10)14-6-7(9(2,3)4)15(11,12)13/h5,7H,1,6H2,2-4H3/p+1. The Morgan fingerprint density at radius 2 is 2.00 bits per heavy atom. The average molecular weight is 238 g/mol. The van der Waals surface area contributed by atoms with Gasteiger partial charge in [-0.05, 0) is 0 Å². The van der Waals surface area contributed by atoms with Crippen molar-refractivity contribution in [3.05, 3.63) is 12.7 Å². The fraction of sp³-hybridized carbons (Fsp3) is 0.625. The Morgan fingerprint density at radius 1 is 1.53 bits per heavy atom. The number of rotatable bonds is 5. The van der Waals surface area contributed by atoms with E-state index < -0.39 is 28.1 Å². The van der Waals surface area contributed by atoms with Gasteiger partial charge >= 0.3 is 16.1 Å². The number of carbonyl (C=O) groups excluding carboxylic acids is 1. The lowest BCUT2D eigenvalue weighted by molar-refractivity contribution is -0.882. The highest BCUT2D eigenvalue weighted by molar-refractivity contribution is 7.86. The van der Waals surface area contributed by atoms with Crippen molar-refractivity contribution in [1.82, 2.24) is 0 Å². The average Bonchev–Trinajstić information content (AvgIpc) is 1.99. The first-order valence-electron chi connectivity index (χ1n) is 4.15. The predicted octanol–water partition coefficient (Wildman–Crippen LogP) is -0.364. The quantitative estimate of drug-likeness (QED) is 0.306. The molecule has 7 heteroatoms. The van der Waals surface area contributed by atoms with E-state index in [9.17, 15) is 13.2 Å². The predicted molar refractivity (Wildman–Crippen MR) is 54.5 cm³/mol. The van der Waals surface area contributed by atoms with E-state index in [0.29, 0.717) is 0 Å². The third kappa shape index (κ3) is 4.91. The van der Waals surface area contributed by atoms with E-state index in [0.717, 1.165) is 6.08 Å². The monoisotopic (exact) mass is 238 g/mol. The smallest absolute Gasteiger partial charge is 0.330 e. The highest BCUT2D eigenvalue weighted by Gasteiger charge is 2.36. The van der Waals surface area contributed by atoms with Gasteiger partial charge in [0, 0.05) is 6.08 Å². The molecule has 0 bridgehead atoms. The minimum atomic E-state index is -4.27. The molecule has 0 fully saturated rings. The largest absolute Gasteiger partial charge is 0.455 e. The molecule has 0 amide bonds. The highest BCUT2D eigenvalue weighted by atomic mass is 32.2. The fourth-order valence-electron chi connectivity index (χ4n) is 0.922. The number of hydrogen-bond donors (Lipinski definition) is 1. The van der Waals surface area contributed by atoms with Crippen LogP contribution in [-0.4, -0.2) is 56.5 Å². The molecule has 1 atom stereocenters. The summed E-state index contributed by atoms with van der Waals surface area (Å²) in [5, 5.41) is -1.21. The Labute approximate surface area is 89.5 Å². The Balaban J connectivity index is 4.71. The van der Waals surface area contributed by atoms with Crippen molar-refractivity contribution in [3.63, 3.8) is 0 Å². The maximum absolute atomic E-state index is 11.0. The fourth-order valence-corrected chi connectivity index (χ4v) is 1.96. The highest BCUT2D eigenvalue weighted by Crippen LogP contribution is 2.10. The van der Waals surface area contributed by atoms with E-state index in [1.165, 1.54) is 0 Å². The molecule has 0 heterocycles. The summed E-state index contributed by atoms with van der Waals surface area (Å²) >= 11 is 0. The zero-order chi connectivity index (χ0) is 12.3. The van der Waals surface area contributed by atoms with E-state index >= 15 is 0 Å². The lowest BCUT2D eigenvalue weighted by Crippen LogP contribution is -2.52. The number of likely N-dealkylation sites (N-methyl/N-ethyl adjacent to an activating group) is 1. The van der Waals surface area contributed by atoms with Crippen molar-refractivity contribution in [3.8, 4) is 0 Å². The molecular formula is C8H16NO5S+. The molecule has 0 aliphatic heterocycles. The van der Waals surface area contributed by atoms with Crippen LogP contribution in [0.2, 0.25) is 0 Å². The van der Waals surface area contributed by atoms with E-state index in [1.54, 1.807) is 21.1 Å². The molecule has 15 heavy (non-hydrogen) atoms. The Morgan fingerprint density at radius 3 is 2.27 bits per heavy atom. The first kappa shape index (κ1) is 14.1. The van der Waals surface area contributed by atoms with Gasteiger partial charge in [-0.2, -0.15) is 8.42 Å². The van der Waals surface area contributed by atoms with Crippen LogP contribution in [-0.2, 0) is 19.6 Å². The van der Waals surface area contributed by atoms with Crippen molar-refractivity contribution in [2.24, 2.45) is 0 Å². The summed E-state index contributed by atoms with van der Waals surface area (Å²) in [4.78, 5) is 10.7. The second kappa shape index (κ2) is 4.73. The molecule has 0 spiro atoms. The molecule has 0 aromatic carbocycles. The van der Waals surface area contributed by atoms with Gasteiger partial charge in [-0.1, -0.05) is 6.58 Å². The van der Waals surface area contributed by atoms with Gasteiger partial charge in [-0.25, -0.2) is 4.79 Å². The lowest BCUT2D eigenvalue weighted by atomic mass is 10.5. The maximum atomic E-state index is 11.0. The SMILES string of the molecule is C=CC(=O)OCC([N+](C)(C)C)S(=O)(=O)O. The first-order valence-corrected chi connectivity index (χ1v) is 5.66. The van der Waals surface area contributed by atoms with Gasteiger partial charge in [0.1, 0.15) is 0 Å². The molecule has 0 aliphatic carbocycles. The van der Waals surface area contributed by atoms with Crippen molar-refractivity contribution in [2.75, 3.05) is 27.7 Å². The van der Waals surface area contributed by atoms with Crippen LogP contribution < -0.4 is 0 Å². The molecular weight excluding hydrogens is 222 g/mol. The van der Waals surface area contributed by atoms with Crippen molar-refractivity contribution in [2.45, 2.75) is 5.37 Å². The van der Waals surface area contributed by atoms with Crippen LogP contribution in [0.4, 0.5) is 0 Å². The number of carbonyl (C=O) groups is 1. The summed E-state index contributed by atoms with van der Waals surface area (Å²) in [6.07, 6.45) is 0.927. The third-order valence-electron chi connectivity index (χ3n) is 1.74. The molecule has 0 rings (SSSR count). The number of esters is 1. The zero-order valence-corrected chi connectivity index (χ0v) is 9.82. The number of hydrogen-bond acceptors (Lipinski definition) is 4. The molecule has 0 aromatic heterocycles. The van der Waals surface area contributed by atoms with Crippen LogP contribution in [0, 0.1) is 0 Å². The first-order chi connectivity index (χ1) is 6.59. The van der Waals surface area contributed by atoms with Crippen LogP contribution in [0.15, 0.2) is 12.7 Å². The minimum Gasteiger partial charge on any atom is -0.455 e. The van der Waals surface area contributed by atoms with Crippen LogP contribution in [0.3, 0.4) is 0 Å². The van der Waals surface area contributed by atoms with Crippen LogP contribution >= 0.6 is 0 Å². The topological polar surface area (TPSA) is 80.7 Å². The summed E-state index contributed by atoms with van der Waals surface area (Å²) in [6.45, 7) is 2.76. The molecule has 1 N–H and O–H groups in total. The minimum absolute atomic E-state index is 0.0662. The van der Waals surface area contributed by atoms with Gasteiger partial charge in [0.2, 0.25) is 5.37 Å². The van der Waals surface area contributed by atoms with Crippen molar-refractivity contribution < 1.29 is 27.0 Å². The number of nitrogens with zero attached hydrogens (tertiary/aromatic N) is 1. The molecule has 0 saturated heterocycles. The second-order valence-corrected chi connectivity index (χ2v) is 5.49. The van der Waals surface area contributed by atoms with Crippen molar-refractivity contribution in [1.29, 1.82) is 0 Å². The number of quaternary nitrogens is 1. The molecule has 0 aliphatic rings. The normalized spacial score (nSPS) is 14.4. The summed E-state index contributed by atoms with van der Waals surface area (Å²) in [6, 6.07) is 0. The van der Waals surface area contributed by atoms with Gasteiger partial charge in [0.05, 0.1) is 21.1 Å². The summed E-state index contributed by atoms with van der Waals surface area (Å²) in [5.74, 6) is -0.725. The van der Waals surface area contributed by atoms with E-state index in [4.69, 9.17) is 4.55 Å². The zero-order valence-electron chi connectivity index (χ0n) is 9.00. The lowest BCUT2D eigenvalue weighted by Gasteiger charge is -2.30. The van der Waals surface area contributed by atoms with Crippen LogP contribution in [0.25, 0.3) is 0 Å². The van der Waals surface area contributed by atoms with Crippen molar-refractivity contribution >= 4 is 16.1 Å². The Hall–Kier alpha value is -0.920. The van der Waals surface area contributed by atoms with E-state index in [1.807, 2.05) is 0 Å². The molecule has 1 unspecified atom stereocenters.